The van der Waals surface area contributed by atoms with Crippen molar-refractivity contribution in [1.82, 2.24) is 20.1 Å². The molecule has 2 aromatic rings. The van der Waals surface area contributed by atoms with Gasteiger partial charge in [-0.05, 0) is 37.6 Å². The van der Waals surface area contributed by atoms with E-state index in [1.165, 1.54) is 0 Å². The number of hydrogen-bond acceptors (Lipinski definition) is 6. The summed E-state index contributed by atoms with van der Waals surface area (Å²) in [6, 6.07) is 9.76. The lowest BCUT2D eigenvalue weighted by atomic mass is 10.2. The molecule has 3 heterocycles. The zero-order valence-electron chi connectivity index (χ0n) is 14.7. The minimum absolute atomic E-state index is 0.0664. The Morgan fingerprint density at radius 1 is 1.16 bits per heavy atom. The van der Waals surface area contributed by atoms with Crippen LogP contribution in [0.5, 0.6) is 0 Å². The van der Waals surface area contributed by atoms with E-state index in [1.54, 1.807) is 12.3 Å². The summed E-state index contributed by atoms with van der Waals surface area (Å²) in [6.07, 6.45) is 2.79. The van der Waals surface area contributed by atoms with Gasteiger partial charge in [0.25, 0.3) is 5.91 Å². The van der Waals surface area contributed by atoms with Crippen molar-refractivity contribution >= 4 is 17.5 Å². The second-order valence-electron chi connectivity index (χ2n) is 6.22. The van der Waals surface area contributed by atoms with Crippen molar-refractivity contribution in [3.8, 4) is 0 Å². The molecular formula is C18H24N6O. The quantitative estimate of drug-likeness (QED) is 0.898. The molecule has 0 saturated carbocycles. The fraction of sp³-hybridized carbons (Fsp3) is 0.444. The molecule has 0 bridgehead atoms. The number of nitrogens with one attached hydrogen (secondary N) is 1. The number of amides is 1. The molecule has 0 aliphatic carbocycles. The zero-order chi connectivity index (χ0) is 17.6. The van der Waals surface area contributed by atoms with Gasteiger partial charge in [0.05, 0.1) is 0 Å². The molecule has 7 nitrogen and oxygen atoms in total. The van der Waals surface area contributed by atoms with Crippen molar-refractivity contribution in [1.29, 1.82) is 0 Å². The summed E-state index contributed by atoms with van der Waals surface area (Å²) < 4.78 is 0. The molecule has 1 amide bonds. The Morgan fingerprint density at radius 3 is 2.56 bits per heavy atom. The summed E-state index contributed by atoms with van der Waals surface area (Å²) in [4.78, 5) is 21.0. The Hall–Kier alpha value is -2.70. The fourth-order valence-corrected chi connectivity index (χ4v) is 2.72. The fourth-order valence-electron chi connectivity index (χ4n) is 2.72. The third-order valence-corrected chi connectivity index (χ3v) is 4.43. The molecule has 7 heteroatoms. The van der Waals surface area contributed by atoms with Crippen LogP contribution in [0.2, 0.25) is 0 Å². The molecule has 1 atom stereocenters. The minimum atomic E-state index is -0.0664. The first-order chi connectivity index (χ1) is 12.2. The Bertz CT molecular complexity index is 682. The summed E-state index contributed by atoms with van der Waals surface area (Å²) in [5.74, 6) is 1.59. The molecule has 0 aromatic carbocycles. The molecule has 1 N–H and O–H groups in total. The Kier molecular flexibility index (Phi) is 5.42. The van der Waals surface area contributed by atoms with Crippen LogP contribution in [0.25, 0.3) is 0 Å². The van der Waals surface area contributed by atoms with Crippen molar-refractivity contribution in [3.05, 3.63) is 42.2 Å². The monoisotopic (exact) mass is 340 g/mol. The number of rotatable bonds is 5. The molecule has 2 aromatic heterocycles. The maximum atomic E-state index is 12.6. The first-order valence-corrected chi connectivity index (χ1v) is 8.73. The van der Waals surface area contributed by atoms with E-state index >= 15 is 0 Å². The summed E-state index contributed by atoms with van der Waals surface area (Å²) >= 11 is 0. The first-order valence-electron chi connectivity index (χ1n) is 8.73. The highest BCUT2D eigenvalue weighted by atomic mass is 16.2. The lowest BCUT2D eigenvalue weighted by Gasteiger charge is -2.35. The third-order valence-electron chi connectivity index (χ3n) is 4.43. The topological polar surface area (TPSA) is 74.2 Å². The molecule has 1 aliphatic rings. The van der Waals surface area contributed by atoms with Crippen molar-refractivity contribution in [2.45, 2.75) is 26.3 Å². The number of carbonyl (C=O) groups is 1. The van der Waals surface area contributed by atoms with E-state index in [0.717, 1.165) is 25.3 Å². The maximum absolute atomic E-state index is 12.6. The van der Waals surface area contributed by atoms with E-state index in [-0.39, 0.29) is 5.91 Å². The highest BCUT2D eigenvalue weighted by Gasteiger charge is 2.23. The van der Waals surface area contributed by atoms with Crippen LogP contribution in [0.15, 0.2) is 36.5 Å². The average molecular weight is 340 g/mol. The molecule has 0 spiro atoms. The van der Waals surface area contributed by atoms with Gasteiger partial charge in [-0.3, -0.25) is 4.79 Å². The van der Waals surface area contributed by atoms with Crippen LogP contribution in [0.3, 0.4) is 0 Å². The summed E-state index contributed by atoms with van der Waals surface area (Å²) in [7, 11) is 0. The van der Waals surface area contributed by atoms with Gasteiger partial charge in [-0.1, -0.05) is 13.0 Å². The molecule has 1 unspecified atom stereocenters. The van der Waals surface area contributed by atoms with Gasteiger partial charge in [-0.2, -0.15) is 0 Å². The van der Waals surface area contributed by atoms with Crippen molar-refractivity contribution < 1.29 is 4.79 Å². The Morgan fingerprint density at radius 2 is 1.96 bits per heavy atom. The van der Waals surface area contributed by atoms with E-state index in [1.807, 2.05) is 29.2 Å². The number of pyridine rings is 1. The summed E-state index contributed by atoms with van der Waals surface area (Å²) in [5, 5.41) is 11.5. The van der Waals surface area contributed by atoms with E-state index < -0.39 is 0 Å². The van der Waals surface area contributed by atoms with Gasteiger partial charge >= 0.3 is 0 Å². The maximum Gasteiger partial charge on any atom is 0.274 e. The molecule has 25 heavy (non-hydrogen) atoms. The van der Waals surface area contributed by atoms with E-state index in [4.69, 9.17) is 0 Å². The lowest BCUT2D eigenvalue weighted by molar-refractivity contribution is 0.0739. The van der Waals surface area contributed by atoms with Crippen LogP contribution in [0.1, 0.15) is 30.8 Å². The number of carbonyl (C=O) groups excluding carboxylic acids is 1. The van der Waals surface area contributed by atoms with Crippen molar-refractivity contribution in [2.75, 3.05) is 36.4 Å². The normalized spacial score (nSPS) is 15.8. The van der Waals surface area contributed by atoms with Gasteiger partial charge < -0.3 is 15.1 Å². The van der Waals surface area contributed by atoms with Gasteiger partial charge in [0.15, 0.2) is 5.69 Å². The largest absolute Gasteiger partial charge is 0.366 e. The Labute approximate surface area is 148 Å². The van der Waals surface area contributed by atoms with E-state index in [9.17, 15) is 4.79 Å². The number of nitrogens with zero attached hydrogens (tertiary/aromatic N) is 5. The predicted molar refractivity (Wildman–Crippen MR) is 97.8 cm³/mol. The Balaban J connectivity index is 1.57. The molecule has 1 fully saturated rings. The van der Waals surface area contributed by atoms with E-state index in [2.05, 4.69) is 39.2 Å². The highest BCUT2D eigenvalue weighted by Crippen LogP contribution is 2.14. The molecule has 3 rings (SSSR count). The van der Waals surface area contributed by atoms with E-state index in [0.29, 0.717) is 30.6 Å². The number of hydrogen-bond donors (Lipinski definition) is 1. The molecule has 1 aliphatic heterocycles. The SMILES string of the molecule is CCC(C)Nc1ccc(C(=O)N2CCN(c3ccccn3)CC2)nn1. The first kappa shape index (κ1) is 17.1. The van der Waals surface area contributed by atoms with Crippen LogP contribution in [-0.4, -0.2) is 58.2 Å². The van der Waals surface area contributed by atoms with Crippen molar-refractivity contribution in [3.63, 3.8) is 0 Å². The van der Waals surface area contributed by atoms with Gasteiger partial charge in [-0.25, -0.2) is 4.98 Å². The van der Waals surface area contributed by atoms with Crippen LogP contribution >= 0.6 is 0 Å². The molecule has 132 valence electrons. The highest BCUT2D eigenvalue weighted by molar-refractivity contribution is 5.92. The molecule has 0 radical (unpaired) electrons. The third kappa shape index (κ3) is 4.23. The van der Waals surface area contributed by atoms with Crippen molar-refractivity contribution in [2.24, 2.45) is 0 Å². The smallest absolute Gasteiger partial charge is 0.274 e. The minimum Gasteiger partial charge on any atom is -0.366 e. The summed E-state index contributed by atoms with van der Waals surface area (Å²) in [6.45, 7) is 7.04. The second kappa shape index (κ2) is 7.92. The average Bonchev–Trinajstić information content (AvgIpc) is 2.69. The zero-order valence-corrected chi connectivity index (χ0v) is 14.7. The number of anilines is 2. The number of piperazine rings is 1. The standard InChI is InChI=1S/C18H24N6O/c1-3-14(2)20-16-8-7-15(21-22-16)18(25)24-12-10-23(11-13-24)17-6-4-5-9-19-17/h4-9,14H,3,10-13H2,1-2H3,(H,20,22). The predicted octanol–water partition coefficient (Wildman–Crippen LogP) is 2.04. The summed E-state index contributed by atoms with van der Waals surface area (Å²) in [5.41, 5.74) is 0.390. The van der Waals surface area contributed by atoms with Crippen LogP contribution in [0.4, 0.5) is 11.6 Å². The van der Waals surface area contributed by atoms with Crippen LogP contribution < -0.4 is 10.2 Å². The molecule has 1 saturated heterocycles. The van der Waals surface area contributed by atoms with Gasteiger partial charge in [0, 0.05) is 38.4 Å². The van der Waals surface area contributed by atoms with Crippen LogP contribution in [-0.2, 0) is 0 Å². The molecular weight excluding hydrogens is 316 g/mol. The van der Waals surface area contributed by atoms with Crippen LogP contribution in [0, 0.1) is 0 Å². The second-order valence-corrected chi connectivity index (χ2v) is 6.22. The van der Waals surface area contributed by atoms with Gasteiger partial charge in [0.1, 0.15) is 11.6 Å². The van der Waals surface area contributed by atoms with Gasteiger partial charge in [0.2, 0.25) is 0 Å². The van der Waals surface area contributed by atoms with Gasteiger partial charge in [-0.15, -0.1) is 10.2 Å². The lowest BCUT2D eigenvalue weighted by Crippen LogP contribution is -2.49. The number of aromatic nitrogens is 3.